The summed E-state index contributed by atoms with van der Waals surface area (Å²) in [7, 11) is 0. The minimum Gasteiger partial charge on any atom is -0.383 e. The van der Waals surface area contributed by atoms with Gasteiger partial charge in [-0.1, -0.05) is 30.1 Å². The van der Waals surface area contributed by atoms with Gasteiger partial charge in [-0.25, -0.2) is 4.98 Å². The first kappa shape index (κ1) is 14.7. The summed E-state index contributed by atoms with van der Waals surface area (Å²) in [6.07, 6.45) is 2.51. The van der Waals surface area contributed by atoms with Crippen molar-refractivity contribution in [2.75, 3.05) is 6.54 Å². The number of nitrogens with zero attached hydrogens (tertiary/aromatic N) is 2. The molecule has 18 heavy (non-hydrogen) atoms. The van der Waals surface area contributed by atoms with E-state index in [-0.39, 0.29) is 11.1 Å². The first-order valence-corrected chi connectivity index (χ1v) is 6.11. The minimum atomic E-state index is -0.487. The largest absolute Gasteiger partial charge is 0.383 e. The van der Waals surface area contributed by atoms with Crippen LogP contribution < -0.4 is 5.32 Å². The summed E-state index contributed by atoms with van der Waals surface area (Å²) in [5.41, 5.74) is 1.26. The van der Waals surface area contributed by atoms with Crippen LogP contribution in [-0.4, -0.2) is 16.5 Å². The van der Waals surface area contributed by atoms with Crippen LogP contribution in [-0.2, 0) is 0 Å². The van der Waals surface area contributed by atoms with Crippen molar-refractivity contribution >= 4 is 23.2 Å². The molecule has 1 heterocycles. The predicted octanol–water partition coefficient (Wildman–Crippen LogP) is 3.22. The van der Waals surface area contributed by atoms with Gasteiger partial charge in [-0.05, 0) is 18.6 Å². The molecule has 1 unspecified atom stereocenters. The number of hydrogen-bond donors (Lipinski definition) is 1. The summed E-state index contributed by atoms with van der Waals surface area (Å²) in [5, 5.41) is 14.1. The second-order valence-electron chi connectivity index (χ2n) is 3.66. The second-order valence-corrected chi connectivity index (χ2v) is 4.43. The zero-order valence-corrected chi connectivity index (χ0v) is 11.5. The van der Waals surface area contributed by atoms with Crippen LogP contribution in [0.15, 0.2) is 24.2 Å². The maximum Gasteiger partial charge on any atom is 0.253 e. The maximum atomic E-state index is 10.6. The standard InChI is InChI=1S/C11H13Cl2N3O2/c1-3-14-10(6-16(17)18)7(2)8-4-9(12)11(13)15-5-8/h4-7,14H,3H2,1-2H3. The Kier molecular flexibility index (Phi) is 5.37. The molecule has 1 aromatic heterocycles. The molecule has 0 spiro atoms. The lowest BCUT2D eigenvalue weighted by Crippen LogP contribution is -2.18. The molecular formula is C11H13Cl2N3O2. The summed E-state index contributed by atoms with van der Waals surface area (Å²) < 4.78 is 0. The smallest absolute Gasteiger partial charge is 0.253 e. The van der Waals surface area contributed by atoms with Crippen LogP contribution in [0.25, 0.3) is 0 Å². The van der Waals surface area contributed by atoms with E-state index in [0.717, 1.165) is 11.8 Å². The van der Waals surface area contributed by atoms with E-state index in [4.69, 9.17) is 23.2 Å². The molecule has 0 aliphatic carbocycles. The normalized spacial score (nSPS) is 13.2. The van der Waals surface area contributed by atoms with E-state index >= 15 is 0 Å². The van der Waals surface area contributed by atoms with Crippen LogP contribution in [0.2, 0.25) is 10.2 Å². The van der Waals surface area contributed by atoms with Crippen molar-refractivity contribution in [2.45, 2.75) is 19.8 Å². The Morgan fingerprint density at radius 2 is 2.33 bits per heavy atom. The van der Waals surface area contributed by atoms with E-state index in [9.17, 15) is 10.1 Å². The minimum absolute atomic E-state index is 0.211. The van der Waals surface area contributed by atoms with Crippen molar-refractivity contribution in [2.24, 2.45) is 0 Å². The molecule has 0 bridgehead atoms. The van der Waals surface area contributed by atoms with Gasteiger partial charge in [-0.2, -0.15) is 0 Å². The number of pyridine rings is 1. The molecule has 0 aromatic carbocycles. The van der Waals surface area contributed by atoms with Gasteiger partial charge in [-0.15, -0.1) is 0 Å². The Labute approximate surface area is 115 Å². The molecule has 1 aromatic rings. The van der Waals surface area contributed by atoms with E-state index < -0.39 is 4.92 Å². The van der Waals surface area contributed by atoms with E-state index in [1.54, 1.807) is 12.3 Å². The first-order valence-electron chi connectivity index (χ1n) is 5.35. The van der Waals surface area contributed by atoms with Crippen LogP contribution in [0.4, 0.5) is 0 Å². The second kappa shape index (κ2) is 6.56. The van der Waals surface area contributed by atoms with E-state index in [1.165, 1.54) is 0 Å². The molecule has 1 atom stereocenters. The van der Waals surface area contributed by atoms with Crippen LogP contribution >= 0.6 is 23.2 Å². The Hall–Kier alpha value is -1.33. The van der Waals surface area contributed by atoms with Crippen molar-refractivity contribution in [3.05, 3.63) is 50.0 Å². The van der Waals surface area contributed by atoms with Crippen molar-refractivity contribution < 1.29 is 4.92 Å². The quantitative estimate of drug-likeness (QED) is 0.513. The lowest BCUT2D eigenvalue weighted by Gasteiger charge is -2.15. The number of nitro groups is 1. The van der Waals surface area contributed by atoms with Crippen LogP contribution in [0.5, 0.6) is 0 Å². The molecule has 0 radical (unpaired) electrons. The SMILES string of the molecule is CCNC(=C[N+](=O)[O-])C(C)c1cnc(Cl)c(Cl)c1. The van der Waals surface area contributed by atoms with Crippen molar-refractivity contribution in [3.63, 3.8) is 0 Å². The number of hydrogen-bond acceptors (Lipinski definition) is 4. The molecule has 7 heteroatoms. The number of nitrogens with one attached hydrogen (secondary N) is 1. The number of aromatic nitrogens is 1. The zero-order chi connectivity index (χ0) is 13.7. The summed E-state index contributed by atoms with van der Waals surface area (Å²) in [6, 6.07) is 1.66. The number of likely N-dealkylation sites (N-methyl/N-ethyl adjacent to an activating group) is 1. The lowest BCUT2D eigenvalue weighted by molar-refractivity contribution is -0.404. The summed E-state index contributed by atoms with van der Waals surface area (Å²) in [6.45, 7) is 4.30. The summed E-state index contributed by atoms with van der Waals surface area (Å²) in [5.74, 6) is -0.211. The van der Waals surface area contributed by atoms with Crippen molar-refractivity contribution in [1.29, 1.82) is 0 Å². The van der Waals surface area contributed by atoms with Gasteiger partial charge in [0, 0.05) is 18.7 Å². The number of allylic oxidation sites excluding steroid dienone is 1. The molecule has 0 saturated carbocycles. The number of rotatable bonds is 5. The topological polar surface area (TPSA) is 68.1 Å². The van der Waals surface area contributed by atoms with Gasteiger partial charge < -0.3 is 5.32 Å². The van der Waals surface area contributed by atoms with Gasteiger partial charge >= 0.3 is 0 Å². The molecule has 0 aliphatic rings. The van der Waals surface area contributed by atoms with E-state index in [1.807, 2.05) is 13.8 Å². The third-order valence-electron chi connectivity index (χ3n) is 2.41. The fraction of sp³-hybridized carbons (Fsp3) is 0.364. The third-order valence-corrected chi connectivity index (χ3v) is 3.10. The average Bonchev–Trinajstić information content (AvgIpc) is 2.31. The molecule has 1 rings (SSSR count). The zero-order valence-electron chi connectivity index (χ0n) is 9.98. The molecule has 98 valence electrons. The first-order chi connectivity index (χ1) is 8.45. The molecule has 0 amide bonds. The van der Waals surface area contributed by atoms with Gasteiger partial charge in [0.15, 0.2) is 0 Å². The molecule has 1 N–H and O–H groups in total. The lowest BCUT2D eigenvalue weighted by atomic mass is 10.00. The monoisotopic (exact) mass is 289 g/mol. The highest BCUT2D eigenvalue weighted by Crippen LogP contribution is 2.27. The Balaban J connectivity index is 3.05. The van der Waals surface area contributed by atoms with E-state index in [2.05, 4.69) is 10.3 Å². The highest BCUT2D eigenvalue weighted by atomic mass is 35.5. The maximum absolute atomic E-state index is 10.6. The van der Waals surface area contributed by atoms with Gasteiger partial charge in [0.2, 0.25) is 0 Å². The average molecular weight is 290 g/mol. The van der Waals surface area contributed by atoms with Crippen LogP contribution in [0, 0.1) is 10.1 Å². The third kappa shape index (κ3) is 3.85. The summed E-state index contributed by atoms with van der Waals surface area (Å²) in [4.78, 5) is 14.0. The Morgan fingerprint density at radius 1 is 1.67 bits per heavy atom. The van der Waals surface area contributed by atoms with Crippen LogP contribution in [0.1, 0.15) is 25.3 Å². The molecule has 0 aliphatic heterocycles. The summed E-state index contributed by atoms with van der Waals surface area (Å²) >= 11 is 11.6. The molecule has 0 saturated heterocycles. The van der Waals surface area contributed by atoms with Crippen molar-refractivity contribution in [1.82, 2.24) is 10.3 Å². The molecule has 0 fully saturated rings. The Morgan fingerprint density at radius 3 is 2.83 bits per heavy atom. The van der Waals surface area contributed by atoms with Gasteiger partial charge in [0.1, 0.15) is 5.15 Å². The van der Waals surface area contributed by atoms with Crippen LogP contribution in [0.3, 0.4) is 0 Å². The predicted molar refractivity (Wildman–Crippen MR) is 71.4 cm³/mol. The molecule has 5 nitrogen and oxygen atoms in total. The highest BCUT2D eigenvalue weighted by molar-refractivity contribution is 6.41. The van der Waals surface area contributed by atoms with Gasteiger partial charge in [0.05, 0.1) is 15.6 Å². The fourth-order valence-electron chi connectivity index (χ4n) is 1.48. The van der Waals surface area contributed by atoms with Crippen molar-refractivity contribution in [3.8, 4) is 0 Å². The van der Waals surface area contributed by atoms with E-state index in [0.29, 0.717) is 17.3 Å². The fourth-order valence-corrected chi connectivity index (χ4v) is 1.76. The molecular weight excluding hydrogens is 277 g/mol. The number of halogens is 2. The van der Waals surface area contributed by atoms with Gasteiger partial charge in [0.25, 0.3) is 6.20 Å². The van der Waals surface area contributed by atoms with Gasteiger partial charge in [-0.3, -0.25) is 10.1 Å². The highest BCUT2D eigenvalue weighted by Gasteiger charge is 2.16. The Bertz CT molecular complexity index is 477.